The van der Waals surface area contributed by atoms with Gasteiger partial charge in [0.2, 0.25) is 5.91 Å². The summed E-state index contributed by atoms with van der Waals surface area (Å²) < 4.78 is 12.1. The van der Waals surface area contributed by atoms with Gasteiger partial charge in [-0.1, -0.05) is 48.5 Å². The molecule has 3 aromatic rings. The number of nitrogens with one attached hydrogen (secondary N) is 1. The summed E-state index contributed by atoms with van der Waals surface area (Å²) in [6.07, 6.45) is 0.486. The Balaban J connectivity index is 1.79. The average molecular weight is 496 g/mol. The number of carbonyl (C=O) groups is 1. The summed E-state index contributed by atoms with van der Waals surface area (Å²) in [6.45, 7) is 1.67. The minimum absolute atomic E-state index is 0.0296. The Morgan fingerprint density at radius 1 is 1.00 bits per heavy atom. The Morgan fingerprint density at radius 2 is 1.67 bits per heavy atom. The predicted octanol–water partition coefficient (Wildman–Crippen LogP) is 1.55. The predicted molar refractivity (Wildman–Crippen MR) is 140 cm³/mol. The first-order chi connectivity index (χ1) is 17.4. The zero-order valence-electron chi connectivity index (χ0n) is 20.7. The molecule has 10 heteroatoms. The van der Waals surface area contributed by atoms with E-state index in [1.807, 2.05) is 60.7 Å². The van der Waals surface area contributed by atoms with Crippen LogP contribution in [0.4, 0.5) is 11.5 Å². The molecule has 1 amide bonds. The van der Waals surface area contributed by atoms with E-state index in [1.165, 1.54) is 9.47 Å². The Labute approximate surface area is 209 Å². The number of benzene rings is 2. The maximum atomic E-state index is 13.3. The number of hydrogen-bond donors (Lipinski definition) is 2. The van der Waals surface area contributed by atoms with E-state index in [1.54, 1.807) is 19.1 Å². The van der Waals surface area contributed by atoms with Crippen LogP contribution in [0, 0.1) is 0 Å². The average Bonchev–Trinajstić information content (AvgIpc) is 2.87. The molecule has 0 aliphatic rings. The van der Waals surface area contributed by atoms with Gasteiger partial charge in [0, 0.05) is 26.8 Å². The van der Waals surface area contributed by atoms with Gasteiger partial charge < -0.3 is 20.1 Å². The number of nitrogens with zero attached hydrogens (tertiary/aromatic N) is 3. The molecule has 10 nitrogen and oxygen atoms in total. The van der Waals surface area contributed by atoms with E-state index in [0.717, 1.165) is 11.3 Å². The first kappa shape index (κ1) is 26.7. The van der Waals surface area contributed by atoms with Crippen molar-refractivity contribution >= 4 is 17.4 Å². The van der Waals surface area contributed by atoms with E-state index in [2.05, 4.69) is 4.98 Å². The number of aromatic nitrogens is 2. The molecule has 0 saturated heterocycles. The van der Waals surface area contributed by atoms with E-state index >= 15 is 0 Å². The zero-order valence-corrected chi connectivity index (χ0v) is 20.7. The van der Waals surface area contributed by atoms with Gasteiger partial charge in [-0.05, 0) is 31.2 Å². The molecule has 0 unspecified atom stereocenters. The minimum atomic E-state index is -0.706. The fourth-order valence-electron chi connectivity index (χ4n) is 3.72. The van der Waals surface area contributed by atoms with Gasteiger partial charge in [-0.25, -0.2) is 4.79 Å². The molecule has 0 atom stereocenters. The van der Waals surface area contributed by atoms with Gasteiger partial charge in [-0.2, -0.15) is 0 Å². The molecule has 0 saturated carbocycles. The lowest BCUT2D eigenvalue weighted by molar-refractivity contribution is -0.119. The second kappa shape index (κ2) is 13.3. The molecule has 192 valence electrons. The van der Waals surface area contributed by atoms with Gasteiger partial charge >= 0.3 is 5.69 Å². The Hall–Kier alpha value is -3.89. The van der Waals surface area contributed by atoms with Crippen LogP contribution in [-0.2, 0) is 16.1 Å². The zero-order chi connectivity index (χ0) is 25.9. The fourth-order valence-corrected chi connectivity index (χ4v) is 3.72. The second-order valence-corrected chi connectivity index (χ2v) is 8.36. The summed E-state index contributed by atoms with van der Waals surface area (Å²) in [5, 5.41) is 0. The van der Waals surface area contributed by atoms with Crippen molar-refractivity contribution in [2.45, 2.75) is 13.0 Å². The van der Waals surface area contributed by atoms with E-state index in [-0.39, 0.29) is 37.0 Å². The third kappa shape index (κ3) is 7.30. The number of amides is 1. The number of rotatable bonds is 13. The monoisotopic (exact) mass is 495 g/mol. The molecule has 3 N–H and O–H groups in total. The first-order valence-corrected chi connectivity index (χ1v) is 11.7. The number of hydrogen-bond acceptors (Lipinski definition) is 7. The van der Waals surface area contributed by atoms with Gasteiger partial charge in [0.05, 0.1) is 13.1 Å². The number of ether oxygens (including phenoxy) is 2. The fraction of sp³-hybridized carbons (Fsp3) is 0.346. The summed E-state index contributed by atoms with van der Waals surface area (Å²) >= 11 is 0. The van der Waals surface area contributed by atoms with Crippen molar-refractivity contribution in [1.29, 1.82) is 0 Å². The molecule has 1 aromatic heterocycles. The van der Waals surface area contributed by atoms with Crippen LogP contribution in [-0.4, -0.2) is 67.4 Å². The highest BCUT2D eigenvalue weighted by Crippen LogP contribution is 2.19. The van der Waals surface area contributed by atoms with Crippen LogP contribution in [0.25, 0.3) is 0 Å². The van der Waals surface area contributed by atoms with Crippen molar-refractivity contribution in [2.24, 2.45) is 0 Å². The summed E-state index contributed by atoms with van der Waals surface area (Å²) in [4.78, 5) is 44.2. The van der Waals surface area contributed by atoms with Crippen molar-refractivity contribution in [3.8, 4) is 5.75 Å². The molecule has 2 aromatic carbocycles. The van der Waals surface area contributed by atoms with Gasteiger partial charge in [-0.3, -0.25) is 24.0 Å². The highest BCUT2D eigenvalue weighted by Gasteiger charge is 2.25. The molecule has 0 fully saturated rings. The van der Waals surface area contributed by atoms with E-state index < -0.39 is 11.2 Å². The Morgan fingerprint density at radius 3 is 2.33 bits per heavy atom. The van der Waals surface area contributed by atoms with Crippen LogP contribution in [0.5, 0.6) is 5.75 Å². The quantitative estimate of drug-likeness (QED) is 0.345. The topological polar surface area (TPSA) is 123 Å². The third-order valence-electron chi connectivity index (χ3n) is 5.59. The second-order valence-electron chi connectivity index (χ2n) is 8.36. The number of aromatic amines is 1. The lowest BCUT2D eigenvalue weighted by Crippen LogP contribution is -2.45. The van der Waals surface area contributed by atoms with E-state index in [0.29, 0.717) is 26.2 Å². The van der Waals surface area contributed by atoms with E-state index in [9.17, 15) is 14.4 Å². The van der Waals surface area contributed by atoms with Crippen LogP contribution < -0.4 is 26.6 Å². The number of nitrogen functional groups attached to an aromatic ring is 1. The maximum absolute atomic E-state index is 13.3. The van der Waals surface area contributed by atoms with Gasteiger partial charge in [0.1, 0.15) is 18.2 Å². The number of methoxy groups -OCH3 is 1. The third-order valence-corrected chi connectivity index (χ3v) is 5.59. The smallest absolute Gasteiger partial charge is 0.330 e. The molecular weight excluding hydrogens is 462 g/mol. The van der Waals surface area contributed by atoms with Crippen molar-refractivity contribution in [3.63, 3.8) is 0 Å². The Bertz CT molecular complexity index is 1230. The summed E-state index contributed by atoms with van der Waals surface area (Å²) in [5.41, 5.74) is 5.79. The lowest BCUT2D eigenvalue weighted by atomic mass is 10.2. The summed E-state index contributed by atoms with van der Waals surface area (Å²) in [7, 11) is 3.36. The van der Waals surface area contributed by atoms with Crippen molar-refractivity contribution in [1.82, 2.24) is 14.5 Å². The number of carbonyl (C=O) groups excluding carboxylic acids is 1. The first-order valence-electron chi connectivity index (χ1n) is 11.7. The molecular formula is C26H33N5O5. The number of likely N-dealkylation sites (N-methyl/N-ethyl adjacent to an activating group) is 1. The van der Waals surface area contributed by atoms with E-state index in [4.69, 9.17) is 15.2 Å². The van der Waals surface area contributed by atoms with Crippen LogP contribution in [0.15, 0.2) is 70.3 Å². The molecule has 0 spiro atoms. The normalized spacial score (nSPS) is 11.0. The van der Waals surface area contributed by atoms with Gasteiger partial charge in [0.25, 0.3) is 5.56 Å². The molecule has 36 heavy (non-hydrogen) atoms. The van der Waals surface area contributed by atoms with Gasteiger partial charge in [-0.15, -0.1) is 0 Å². The molecule has 0 aliphatic carbocycles. The molecule has 3 rings (SSSR count). The molecule has 1 heterocycles. The molecule has 0 aliphatic heterocycles. The van der Waals surface area contributed by atoms with Crippen LogP contribution in [0.1, 0.15) is 12.0 Å². The summed E-state index contributed by atoms with van der Waals surface area (Å²) in [6, 6.07) is 18.7. The SMILES string of the molecule is COCCCN(C(=O)CN(C)CCOc1ccccc1)c1c(N)n(Cc2ccccc2)c(=O)[nH]c1=O. The number of para-hydroxylation sites is 1. The lowest BCUT2D eigenvalue weighted by Gasteiger charge is -2.26. The highest BCUT2D eigenvalue weighted by molar-refractivity contribution is 5.96. The van der Waals surface area contributed by atoms with Crippen LogP contribution >= 0.6 is 0 Å². The largest absolute Gasteiger partial charge is 0.492 e. The maximum Gasteiger partial charge on any atom is 0.330 e. The van der Waals surface area contributed by atoms with Crippen molar-refractivity contribution in [3.05, 3.63) is 87.1 Å². The van der Waals surface area contributed by atoms with Crippen LogP contribution in [0.2, 0.25) is 0 Å². The molecule has 0 bridgehead atoms. The number of anilines is 2. The van der Waals surface area contributed by atoms with Gasteiger partial charge in [0.15, 0.2) is 5.69 Å². The van der Waals surface area contributed by atoms with Crippen LogP contribution in [0.3, 0.4) is 0 Å². The highest BCUT2D eigenvalue weighted by atomic mass is 16.5. The minimum Gasteiger partial charge on any atom is -0.492 e. The number of H-pyrrole nitrogens is 1. The standard InChI is InChI=1S/C26H33N5O5/c1-29(15-17-36-21-12-7-4-8-13-21)19-22(32)30(14-9-16-35-2)23-24(27)31(26(34)28-25(23)33)18-20-10-5-3-6-11-20/h3-8,10-13H,9,14-19,27H2,1-2H3,(H,28,33,34). The van der Waals surface area contributed by atoms with Crippen molar-refractivity contribution < 1.29 is 14.3 Å². The van der Waals surface area contributed by atoms with Crippen molar-refractivity contribution in [2.75, 3.05) is 57.6 Å². The Kier molecular flexibility index (Phi) is 9.84. The summed E-state index contributed by atoms with van der Waals surface area (Å²) in [5.74, 6) is 0.363. The number of nitrogens with two attached hydrogens (primary N) is 1. The molecule has 0 radical (unpaired) electrons.